The van der Waals surface area contributed by atoms with Gasteiger partial charge in [-0.2, -0.15) is 0 Å². The van der Waals surface area contributed by atoms with E-state index in [-0.39, 0.29) is 11.9 Å². The van der Waals surface area contributed by atoms with Gasteiger partial charge in [-0.05, 0) is 38.1 Å². The molecule has 24 heavy (non-hydrogen) atoms. The van der Waals surface area contributed by atoms with Crippen LogP contribution in [0.1, 0.15) is 30.3 Å². The number of nitrogens with zero attached hydrogens (tertiary/aromatic N) is 3. The molecule has 1 fully saturated rings. The van der Waals surface area contributed by atoms with Crippen LogP contribution in [0.4, 0.5) is 0 Å². The molecular weight excluding hydrogens is 324 g/mol. The van der Waals surface area contributed by atoms with Crippen LogP contribution in [0.2, 0.25) is 0 Å². The first kappa shape index (κ1) is 15.4. The highest BCUT2D eigenvalue weighted by molar-refractivity contribution is 7.15. The van der Waals surface area contributed by atoms with Crippen LogP contribution in [0, 0.1) is 0 Å². The number of hydrogen-bond acceptors (Lipinski definition) is 5. The fourth-order valence-electron chi connectivity index (χ4n) is 3.24. The average Bonchev–Trinajstić information content (AvgIpc) is 3.33. The molecule has 3 aromatic heterocycles. The second-order valence-electron chi connectivity index (χ2n) is 6.08. The van der Waals surface area contributed by atoms with E-state index in [1.54, 1.807) is 17.6 Å². The second kappa shape index (κ2) is 6.78. The Balaban J connectivity index is 1.38. The lowest BCUT2D eigenvalue weighted by Gasteiger charge is -2.25. The summed E-state index contributed by atoms with van der Waals surface area (Å²) in [5.41, 5.74) is 0.801. The third-order valence-electron chi connectivity index (χ3n) is 4.43. The van der Waals surface area contributed by atoms with E-state index in [1.165, 1.54) is 12.8 Å². The Morgan fingerprint density at radius 2 is 2.29 bits per heavy atom. The molecule has 1 aliphatic rings. The van der Waals surface area contributed by atoms with Crippen molar-refractivity contribution in [1.82, 2.24) is 19.6 Å². The Bertz CT molecular complexity index is 773. The Hall–Kier alpha value is -2.12. The molecule has 0 saturated carbocycles. The van der Waals surface area contributed by atoms with Crippen LogP contribution >= 0.6 is 11.3 Å². The normalized spacial score (nSPS) is 16.7. The van der Waals surface area contributed by atoms with E-state index >= 15 is 0 Å². The van der Waals surface area contributed by atoms with Gasteiger partial charge in [0.2, 0.25) is 5.91 Å². The number of imidazole rings is 1. The lowest BCUT2D eigenvalue weighted by atomic mass is 10.2. The van der Waals surface area contributed by atoms with Crippen LogP contribution in [0.5, 0.6) is 0 Å². The zero-order valence-corrected chi connectivity index (χ0v) is 14.2. The summed E-state index contributed by atoms with van der Waals surface area (Å²) >= 11 is 1.57. The zero-order chi connectivity index (χ0) is 16.4. The van der Waals surface area contributed by atoms with Crippen molar-refractivity contribution in [2.45, 2.75) is 25.3 Å². The minimum atomic E-state index is -0.00324. The van der Waals surface area contributed by atoms with E-state index < -0.39 is 0 Å². The fourth-order valence-corrected chi connectivity index (χ4v) is 3.96. The van der Waals surface area contributed by atoms with Gasteiger partial charge in [-0.3, -0.25) is 14.1 Å². The minimum Gasteiger partial charge on any atom is -0.468 e. The van der Waals surface area contributed by atoms with Crippen molar-refractivity contribution >= 4 is 22.2 Å². The first-order valence-corrected chi connectivity index (χ1v) is 9.13. The molecule has 126 valence electrons. The number of carbonyl (C=O) groups excluding carboxylic acids is 1. The maximum Gasteiger partial charge on any atom is 0.226 e. The highest BCUT2D eigenvalue weighted by Gasteiger charge is 2.26. The van der Waals surface area contributed by atoms with Crippen molar-refractivity contribution in [3.8, 4) is 0 Å². The number of likely N-dealkylation sites (tertiary alicyclic amines) is 1. The standard InChI is InChI=1S/C17H20N4O2S/c22-16(10-13-12-21-7-9-24-17(21)19-13)18-11-14(15-4-3-8-23-15)20-5-1-2-6-20/h3-4,7-9,12,14H,1-2,5-6,10-11H2,(H,18,22)/t14-/m0/s1. The average molecular weight is 344 g/mol. The van der Waals surface area contributed by atoms with Gasteiger partial charge in [-0.15, -0.1) is 11.3 Å². The molecule has 1 saturated heterocycles. The summed E-state index contributed by atoms with van der Waals surface area (Å²) in [5, 5.41) is 5.03. The number of fused-ring (bicyclic) bond motifs is 1. The molecule has 0 aromatic carbocycles. The van der Waals surface area contributed by atoms with E-state index in [4.69, 9.17) is 4.42 Å². The van der Waals surface area contributed by atoms with E-state index in [0.29, 0.717) is 13.0 Å². The van der Waals surface area contributed by atoms with Crippen molar-refractivity contribution in [3.05, 3.63) is 47.6 Å². The molecule has 6 nitrogen and oxygen atoms in total. The summed E-state index contributed by atoms with van der Waals surface area (Å²) in [6.07, 6.45) is 8.27. The second-order valence-corrected chi connectivity index (χ2v) is 6.95. The zero-order valence-electron chi connectivity index (χ0n) is 13.4. The van der Waals surface area contributed by atoms with Crippen molar-refractivity contribution in [1.29, 1.82) is 0 Å². The Morgan fingerprint density at radius 1 is 1.42 bits per heavy atom. The largest absolute Gasteiger partial charge is 0.468 e. The van der Waals surface area contributed by atoms with Gasteiger partial charge in [0.15, 0.2) is 4.96 Å². The van der Waals surface area contributed by atoms with Crippen LogP contribution < -0.4 is 5.32 Å². The van der Waals surface area contributed by atoms with Crippen LogP contribution in [-0.2, 0) is 11.2 Å². The monoisotopic (exact) mass is 344 g/mol. The molecule has 0 aliphatic carbocycles. The Labute approximate surface area is 144 Å². The number of aromatic nitrogens is 2. The predicted octanol–water partition coefficient (Wildman–Crippen LogP) is 2.48. The van der Waals surface area contributed by atoms with Crippen LogP contribution in [0.25, 0.3) is 4.96 Å². The molecule has 0 radical (unpaired) electrons. The molecule has 0 spiro atoms. The van der Waals surface area contributed by atoms with Gasteiger partial charge in [-0.25, -0.2) is 4.98 Å². The van der Waals surface area contributed by atoms with Gasteiger partial charge < -0.3 is 9.73 Å². The Morgan fingerprint density at radius 3 is 3.04 bits per heavy atom. The number of thiazole rings is 1. The van der Waals surface area contributed by atoms with Gasteiger partial charge in [0, 0.05) is 24.3 Å². The number of carbonyl (C=O) groups is 1. The third-order valence-corrected chi connectivity index (χ3v) is 5.20. The lowest BCUT2D eigenvalue weighted by molar-refractivity contribution is -0.120. The lowest BCUT2D eigenvalue weighted by Crippen LogP contribution is -2.37. The van der Waals surface area contributed by atoms with E-state index in [9.17, 15) is 4.79 Å². The number of furan rings is 1. The molecule has 1 amide bonds. The van der Waals surface area contributed by atoms with Crippen LogP contribution in [0.3, 0.4) is 0 Å². The fraction of sp³-hybridized carbons (Fsp3) is 0.412. The summed E-state index contributed by atoms with van der Waals surface area (Å²) in [6, 6.07) is 3.99. The van der Waals surface area contributed by atoms with E-state index in [0.717, 1.165) is 29.5 Å². The molecule has 1 N–H and O–H groups in total. The summed E-state index contributed by atoms with van der Waals surface area (Å²) < 4.78 is 7.53. The summed E-state index contributed by atoms with van der Waals surface area (Å²) in [7, 11) is 0. The molecular formula is C17H20N4O2S. The predicted molar refractivity (Wildman–Crippen MR) is 92.0 cm³/mol. The van der Waals surface area contributed by atoms with Crippen LogP contribution in [-0.4, -0.2) is 39.8 Å². The molecule has 7 heteroatoms. The van der Waals surface area contributed by atoms with Crippen molar-refractivity contribution in [3.63, 3.8) is 0 Å². The maximum absolute atomic E-state index is 12.3. The summed E-state index contributed by atoms with van der Waals surface area (Å²) in [4.78, 5) is 20.1. The highest BCUT2D eigenvalue weighted by atomic mass is 32.1. The Kier molecular flexibility index (Phi) is 4.36. The molecule has 1 atom stereocenters. The van der Waals surface area contributed by atoms with Gasteiger partial charge in [0.1, 0.15) is 5.76 Å². The topological polar surface area (TPSA) is 62.8 Å². The number of nitrogens with one attached hydrogen (secondary N) is 1. The number of rotatable bonds is 6. The van der Waals surface area contributed by atoms with Crippen molar-refractivity contribution in [2.75, 3.05) is 19.6 Å². The highest BCUT2D eigenvalue weighted by Crippen LogP contribution is 2.24. The molecule has 3 aromatic rings. The first-order chi connectivity index (χ1) is 11.8. The van der Waals surface area contributed by atoms with Crippen molar-refractivity contribution in [2.24, 2.45) is 0 Å². The summed E-state index contributed by atoms with van der Waals surface area (Å²) in [5.74, 6) is 0.913. The molecule has 0 unspecified atom stereocenters. The van der Waals surface area contributed by atoms with Gasteiger partial charge >= 0.3 is 0 Å². The van der Waals surface area contributed by atoms with Gasteiger partial charge in [0.05, 0.1) is 24.4 Å². The van der Waals surface area contributed by atoms with E-state index in [1.807, 2.05) is 34.3 Å². The maximum atomic E-state index is 12.3. The third kappa shape index (κ3) is 3.22. The minimum absolute atomic E-state index is 0.00324. The molecule has 0 bridgehead atoms. The molecule has 4 heterocycles. The quantitative estimate of drug-likeness (QED) is 0.746. The van der Waals surface area contributed by atoms with Gasteiger partial charge in [0.25, 0.3) is 0 Å². The molecule has 4 rings (SSSR count). The first-order valence-electron chi connectivity index (χ1n) is 8.25. The van der Waals surface area contributed by atoms with Crippen LogP contribution in [0.15, 0.2) is 40.6 Å². The number of amides is 1. The van der Waals surface area contributed by atoms with Crippen molar-refractivity contribution < 1.29 is 9.21 Å². The summed E-state index contributed by atoms with van der Waals surface area (Å²) in [6.45, 7) is 2.67. The number of hydrogen-bond donors (Lipinski definition) is 1. The molecule has 1 aliphatic heterocycles. The SMILES string of the molecule is O=C(Cc1cn2ccsc2n1)NC[C@@H](c1ccco1)N1CCCC1. The van der Waals surface area contributed by atoms with Gasteiger partial charge in [-0.1, -0.05) is 0 Å². The smallest absolute Gasteiger partial charge is 0.226 e. The van der Waals surface area contributed by atoms with E-state index in [2.05, 4.69) is 15.2 Å².